The highest BCUT2D eigenvalue weighted by atomic mass is 16.5. The van der Waals surface area contributed by atoms with Crippen LogP contribution in [0.1, 0.15) is 48.9 Å². The number of fused-ring (bicyclic) bond motifs is 7. The largest absolute Gasteiger partial charge is 0.383 e. The summed E-state index contributed by atoms with van der Waals surface area (Å²) in [5.41, 5.74) is 3.50. The van der Waals surface area contributed by atoms with Gasteiger partial charge >= 0.3 is 0 Å². The maximum Gasteiger partial charge on any atom is 0.254 e. The number of benzene rings is 1. The van der Waals surface area contributed by atoms with E-state index in [-0.39, 0.29) is 5.91 Å². The maximum atomic E-state index is 13.8. The number of ether oxygens (including phenoxy) is 1. The first-order chi connectivity index (χ1) is 15.7. The van der Waals surface area contributed by atoms with Gasteiger partial charge in [0.2, 0.25) is 0 Å². The molecule has 1 aromatic carbocycles. The summed E-state index contributed by atoms with van der Waals surface area (Å²) >= 11 is 0. The molecule has 4 atom stereocenters. The molecule has 0 radical (unpaired) electrons. The number of amides is 1. The first kappa shape index (κ1) is 20.5. The smallest absolute Gasteiger partial charge is 0.254 e. The summed E-state index contributed by atoms with van der Waals surface area (Å²) in [4.78, 5) is 18.8. The number of rotatable bonds is 4. The molecule has 3 saturated heterocycles. The summed E-state index contributed by atoms with van der Waals surface area (Å²) < 4.78 is 7.46. The lowest BCUT2D eigenvalue weighted by Crippen LogP contribution is -2.60. The Labute approximate surface area is 191 Å². The van der Waals surface area contributed by atoms with Crippen LogP contribution >= 0.6 is 0 Å². The number of nitrogens with zero attached hydrogens (tertiary/aromatic N) is 3. The van der Waals surface area contributed by atoms with Gasteiger partial charge in [0.1, 0.15) is 0 Å². The van der Waals surface area contributed by atoms with Gasteiger partial charge in [0.25, 0.3) is 5.91 Å². The molecule has 1 aromatic heterocycles. The fourth-order valence-corrected chi connectivity index (χ4v) is 7.07. The van der Waals surface area contributed by atoms with E-state index in [0.29, 0.717) is 24.5 Å². The fourth-order valence-electron chi connectivity index (χ4n) is 7.07. The third-order valence-electron chi connectivity index (χ3n) is 8.48. The van der Waals surface area contributed by atoms with E-state index >= 15 is 0 Å². The predicted molar refractivity (Wildman–Crippen MR) is 127 cm³/mol. The van der Waals surface area contributed by atoms with E-state index in [4.69, 9.17) is 4.74 Å². The van der Waals surface area contributed by atoms with Crippen molar-refractivity contribution >= 4 is 16.8 Å². The maximum absolute atomic E-state index is 13.8. The first-order valence-electron chi connectivity index (χ1n) is 12.6. The summed E-state index contributed by atoms with van der Waals surface area (Å²) in [5.74, 6) is 1.50. The molecule has 5 nitrogen and oxygen atoms in total. The second kappa shape index (κ2) is 8.35. The van der Waals surface area contributed by atoms with Gasteiger partial charge in [-0.05, 0) is 74.1 Å². The topological polar surface area (TPSA) is 37.7 Å². The zero-order chi connectivity index (χ0) is 21.7. The molecule has 3 aliphatic heterocycles. The molecule has 0 saturated carbocycles. The van der Waals surface area contributed by atoms with Gasteiger partial charge in [-0.15, -0.1) is 0 Å². The van der Waals surface area contributed by atoms with Crippen molar-refractivity contribution in [2.45, 2.75) is 57.2 Å². The number of carbonyl (C=O) groups is 1. The summed E-state index contributed by atoms with van der Waals surface area (Å²) in [6.45, 7) is 4.78. The molecule has 0 N–H and O–H groups in total. The van der Waals surface area contributed by atoms with Gasteiger partial charge in [0.15, 0.2) is 0 Å². The van der Waals surface area contributed by atoms with Crippen molar-refractivity contribution in [2.75, 3.05) is 33.4 Å². The minimum atomic E-state index is 0.209. The van der Waals surface area contributed by atoms with Crippen LogP contribution in [-0.4, -0.2) is 65.7 Å². The van der Waals surface area contributed by atoms with Gasteiger partial charge in [0, 0.05) is 50.1 Å². The van der Waals surface area contributed by atoms with Crippen molar-refractivity contribution in [1.82, 2.24) is 14.4 Å². The molecule has 170 valence electrons. The highest BCUT2D eigenvalue weighted by Crippen LogP contribution is 2.45. The van der Waals surface area contributed by atoms with Crippen molar-refractivity contribution in [3.63, 3.8) is 0 Å². The van der Waals surface area contributed by atoms with Gasteiger partial charge in [-0.25, -0.2) is 0 Å². The number of piperidine rings is 3. The fraction of sp³-hybridized carbons (Fsp3) is 0.593. The number of hydrogen-bond acceptors (Lipinski definition) is 3. The average Bonchev–Trinajstić information content (AvgIpc) is 3.24. The summed E-state index contributed by atoms with van der Waals surface area (Å²) in [7, 11) is 1.73. The third kappa shape index (κ3) is 3.41. The van der Waals surface area contributed by atoms with Crippen LogP contribution in [0.3, 0.4) is 0 Å². The molecule has 32 heavy (non-hydrogen) atoms. The van der Waals surface area contributed by atoms with Crippen LogP contribution in [0, 0.1) is 11.8 Å². The van der Waals surface area contributed by atoms with Crippen LogP contribution in [0.4, 0.5) is 0 Å². The second-order valence-electron chi connectivity index (χ2n) is 10.3. The number of carbonyl (C=O) groups excluding carboxylic acids is 1. The minimum Gasteiger partial charge on any atom is -0.383 e. The Morgan fingerprint density at radius 2 is 2.09 bits per heavy atom. The molecule has 4 heterocycles. The van der Waals surface area contributed by atoms with E-state index in [1.165, 1.54) is 50.6 Å². The van der Waals surface area contributed by atoms with Crippen LogP contribution in [0.5, 0.6) is 0 Å². The van der Waals surface area contributed by atoms with Gasteiger partial charge < -0.3 is 14.2 Å². The molecule has 0 spiro atoms. The molecule has 1 amide bonds. The third-order valence-corrected chi connectivity index (χ3v) is 8.48. The van der Waals surface area contributed by atoms with Gasteiger partial charge in [0.05, 0.1) is 12.6 Å². The van der Waals surface area contributed by atoms with E-state index in [1.54, 1.807) is 12.7 Å². The Bertz CT molecular complexity index is 1040. The first-order valence-corrected chi connectivity index (χ1v) is 12.6. The van der Waals surface area contributed by atoms with Crippen molar-refractivity contribution in [2.24, 2.45) is 11.8 Å². The molecular formula is C27H35N3O2. The van der Waals surface area contributed by atoms with E-state index in [2.05, 4.69) is 44.8 Å². The van der Waals surface area contributed by atoms with Crippen LogP contribution in [0.2, 0.25) is 0 Å². The molecule has 6 rings (SSSR count). The van der Waals surface area contributed by atoms with Crippen molar-refractivity contribution in [1.29, 1.82) is 0 Å². The Morgan fingerprint density at radius 3 is 3.00 bits per heavy atom. The van der Waals surface area contributed by atoms with Gasteiger partial charge in [-0.2, -0.15) is 0 Å². The Kier molecular flexibility index (Phi) is 5.34. The molecule has 2 aromatic rings. The summed E-state index contributed by atoms with van der Waals surface area (Å²) in [6, 6.07) is 9.39. The van der Waals surface area contributed by atoms with E-state index in [9.17, 15) is 4.79 Å². The van der Waals surface area contributed by atoms with Gasteiger partial charge in [-0.1, -0.05) is 24.1 Å². The normalized spacial score (nSPS) is 30.0. The van der Waals surface area contributed by atoms with E-state index in [1.807, 2.05) is 6.07 Å². The Morgan fingerprint density at radius 1 is 1.16 bits per heavy atom. The molecule has 4 aliphatic rings. The standard InChI is InChI=1S/C27H35N3O2/c1-32-14-13-28-12-9-19-7-8-21(17-25(19)28)27(31)30-11-4-5-20-15-22-16-23(26(20)30)18-29-10-3-2-6-24(22)29/h7-9,12,15,17,22-24,26H,2-6,10-11,13-14,16,18H2,1H3/t22-,23+,24-,26-/m1/s1. The number of methoxy groups -OCH3 is 1. The van der Waals surface area contributed by atoms with Crippen LogP contribution in [-0.2, 0) is 11.3 Å². The molecule has 3 fully saturated rings. The SMILES string of the molecule is COCCn1ccc2ccc(C(=O)N3CCCC4=C[C@@H]5C[C@@H](CN6CCCC[C@H]56)[C@@H]43)cc21. The van der Waals surface area contributed by atoms with E-state index < -0.39 is 0 Å². The lowest BCUT2D eigenvalue weighted by atomic mass is 9.68. The predicted octanol–water partition coefficient (Wildman–Crippen LogP) is 4.32. The molecule has 0 unspecified atom stereocenters. The number of hydrogen-bond donors (Lipinski definition) is 0. The summed E-state index contributed by atoms with van der Waals surface area (Å²) in [6.07, 6.45) is 12.3. The monoisotopic (exact) mass is 433 g/mol. The highest BCUT2D eigenvalue weighted by molar-refractivity contribution is 5.98. The number of aromatic nitrogens is 1. The second-order valence-corrected chi connectivity index (χ2v) is 10.3. The minimum absolute atomic E-state index is 0.209. The van der Waals surface area contributed by atoms with Gasteiger partial charge in [-0.3, -0.25) is 9.69 Å². The number of likely N-dealkylation sites (tertiary alicyclic amines) is 1. The zero-order valence-corrected chi connectivity index (χ0v) is 19.2. The quantitative estimate of drug-likeness (QED) is 0.674. The lowest BCUT2D eigenvalue weighted by Gasteiger charge is -2.54. The average molecular weight is 434 g/mol. The van der Waals surface area contributed by atoms with Crippen molar-refractivity contribution in [3.8, 4) is 0 Å². The van der Waals surface area contributed by atoms with E-state index in [0.717, 1.165) is 36.6 Å². The molecule has 1 aliphatic carbocycles. The highest BCUT2D eigenvalue weighted by Gasteiger charge is 2.47. The Balaban J connectivity index is 1.30. The lowest BCUT2D eigenvalue weighted by molar-refractivity contribution is 0.00148. The van der Waals surface area contributed by atoms with Crippen LogP contribution < -0.4 is 0 Å². The Hall–Kier alpha value is -2.11. The van der Waals surface area contributed by atoms with Crippen LogP contribution in [0.25, 0.3) is 10.9 Å². The van der Waals surface area contributed by atoms with Crippen molar-refractivity contribution < 1.29 is 9.53 Å². The zero-order valence-electron chi connectivity index (χ0n) is 19.2. The summed E-state index contributed by atoms with van der Waals surface area (Å²) in [5, 5.41) is 1.18. The van der Waals surface area contributed by atoms with Crippen LogP contribution in [0.15, 0.2) is 42.1 Å². The van der Waals surface area contributed by atoms with Crippen molar-refractivity contribution in [3.05, 3.63) is 47.7 Å². The molecule has 2 bridgehead atoms. The molecule has 5 heteroatoms. The molecular weight excluding hydrogens is 398 g/mol.